The van der Waals surface area contributed by atoms with Crippen LogP contribution in [0.2, 0.25) is 0 Å². The first-order valence-electron chi connectivity index (χ1n) is 7.48. The summed E-state index contributed by atoms with van der Waals surface area (Å²) in [6.07, 6.45) is 5.77. The van der Waals surface area contributed by atoms with E-state index < -0.39 is 9.84 Å². The number of aryl methyl sites for hydroxylation is 1. The minimum absolute atomic E-state index is 0.0613. The zero-order valence-corrected chi connectivity index (χ0v) is 13.2. The molecule has 0 saturated carbocycles. The van der Waals surface area contributed by atoms with Crippen LogP contribution in [0, 0.1) is 0 Å². The van der Waals surface area contributed by atoms with Gasteiger partial charge in [0, 0.05) is 12.3 Å². The van der Waals surface area contributed by atoms with Crippen LogP contribution in [0.4, 0.5) is 0 Å². The third-order valence-corrected chi connectivity index (χ3v) is 5.07. The van der Waals surface area contributed by atoms with Gasteiger partial charge in [-0.1, -0.05) is 31.2 Å². The summed E-state index contributed by atoms with van der Waals surface area (Å²) >= 11 is 0. The Morgan fingerprint density at radius 3 is 2.80 bits per heavy atom. The van der Waals surface area contributed by atoms with E-state index >= 15 is 0 Å². The lowest BCUT2D eigenvalue weighted by Gasteiger charge is -2.29. The van der Waals surface area contributed by atoms with Gasteiger partial charge in [0.05, 0.1) is 5.75 Å². The molecule has 0 fully saturated rings. The van der Waals surface area contributed by atoms with E-state index in [4.69, 9.17) is 0 Å². The Morgan fingerprint density at radius 2 is 2.10 bits per heavy atom. The first-order chi connectivity index (χ1) is 9.49. The van der Waals surface area contributed by atoms with Gasteiger partial charge in [-0.05, 0) is 49.3 Å². The van der Waals surface area contributed by atoms with Crippen molar-refractivity contribution in [3.8, 4) is 0 Å². The second-order valence-electron chi connectivity index (χ2n) is 5.87. The topological polar surface area (TPSA) is 46.2 Å². The van der Waals surface area contributed by atoms with E-state index in [9.17, 15) is 8.42 Å². The van der Waals surface area contributed by atoms with Crippen molar-refractivity contribution in [3.63, 3.8) is 0 Å². The van der Waals surface area contributed by atoms with Crippen LogP contribution < -0.4 is 5.32 Å². The highest BCUT2D eigenvalue weighted by Gasteiger charge is 2.24. The van der Waals surface area contributed by atoms with Gasteiger partial charge in [0.15, 0.2) is 0 Å². The summed E-state index contributed by atoms with van der Waals surface area (Å²) < 4.78 is 23.1. The Kier molecular flexibility index (Phi) is 5.22. The zero-order valence-electron chi connectivity index (χ0n) is 12.4. The summed E-state index contributed by atoms with van der Waals surface area (Å²) in [7, 11) is -2.94. The molecule has 4 heteroatoms. The molecule has 1 N–H and O–H groups in total. The van der Waals surface area contributed by atoms with Gasteiger partial charge in [-0.3, -0.25) is 0 Å². The second-order valence-corrected chi connectivity index (χ2v) is 8.06. The van der Waals surface area contributed by atoms with Crippen LogP contribution >= 0.6 is 0 Å². The van der Waals surface area contributed by atoms with Gasteiger partial charge in [-0.2, -0.15) is 0 Å². The average molecular weight is 295 g/mol. The molecule has 2 atom stereocenters. The van der Waals surface area contributed by atoms with E-state index in [1.165, 1.54) is 30.2 Å². The van der Waals surface area contributed by atoms with E-state index in [1.807, 2.05) is 6.92 Å². The molecular formula is C16H25NO2S. The minimum Gasteiger partial charge on any atom is -0.313 e. The average Bonchev–Trinajstić information content (AvgIpc) is 2.37. The zero-order chi connectivity index (χ0) is 14.6. The molecule has 2 unspecified atom stereocenters. The molecule has 0 heterocycles. The Labute approximate surface area is 122 Å². The highest BCUT2D eigenvalue weighted by atomic mass is 32.2. The minimum atomic E-state index is -2.94. The van der Waals surface area contributed by atoms with E-state index in [0.29, 0.717) is 5.92 Å². The molecule has 2 rings (SSSR count). The van der Waals surface area contributed by atoms with Crippen LogP contribution in [0.5, 0.6) is 0 Å². The maximum absolute atomic E-state index is 11.6. The molecule has 1 aliphatic rings. The summed E-state index contributed by atoms with van der Waals surface area (Å²) in [5.41, 5.74) is 2.87. The molecule has 1 aliphatic carbocycles. The van der Waals surface area contributed by atoms with Crippen LogP contribution in [-0.2, 0) is 16.3 Å². The molecule has 1 aromatic rings. The fourth-order valence-corrected chi connectivity index (χ4v) is 4.29. The number of hydrogen-bond acceptors (Lipinski definition) is 3. The standard InChI is InChI=1S/C16H25NO2S/c1-3-17-15(12-20(2,18)19)11-14-9-6-8-13-7-4-5-10-16(13)14/h4-5,7,10,14-15,17H,3,6,8-9,11-12H2,1-2H3. The molecule has 0 spiro atoms. The van der Waals surface area contributed by atoms with Gasteiger partial charge in [0.2, 0.25) is 0 Å². The summed E-state index contributed by atoms with van der Waals surface area (Å²) in [6.45, 7) is 2.85. The molecule has 0 aliphatic heterocycles. The van der Waals surface area contributed by atoms with Crippen LogP contribution in [0.1, 0.15) is 43.2 Å². The molecule has 0 bridgehead atoms. The van der Waals surface area contributed by atoms with E-state index in [2.05, 4.69) is 29.6 Å². The third kappa shape index (κ3) is 4.32. The molecule has 3 nitrogen and oxygen atoms in total. The fraction of sp³-hybridized carbons (Fsp3) is 0.625. The predicted octanol–water partition coefficient (Wildman–Crippen LogP) is 2.52. The number of nitrogens with one attached hydrogen (secondary N) is 1. The number of fused-ring (bicyclic) bond motifs is 1. The van der Waals surface area contributed by atoms with Crippen LogP contribution in [-0.4, -0.2) is 33.0 Å². The Morgan fingerprint density at radius 1 is 1.35 bits per heavy atom. The lowest BCUT2D eigenvalue weighted by molar-refractivity contribution is 0.435. The van der Waals surface area contributed by atoms with E-state index in [0.717, 1.165) is 19.4 Å². The first-order valence-corrected chi connectivity index (χ1v) is 9.54. The quantitative estimate of drug-likeness (QED) is 0.877. The molecule has 20 heavy (non-hydrogen) atoms. The van der Waals surface area contributed by atoms with Crippen LogP contribution in [0.3, 0.4) is 0 Å². The highest BCUT2D eigenvalue weighted by Crippen LogP contribution is 2.34. The summed E-state index contributed by atoms with van der Waals surface area (Å²) in [4.78, 5) is 0. The highest BCUT2D eigenvalue weighted by molar-refractivity contribution is 7.90. The molecule has 1 aromatic carbocycles. The molecule has 0 saturated heterocycles. The van der Waals surface area contributed by atoms with Crippen molar-refractivity contribution in [3.05, 3.63) is 35.4 Å². The van der Waals surface area contributed by atoms with Crippen molar-refractivity contribution in [2.75, 3.05) is 18.6 Å². The summed E-state index contributed by atoms with van der Waals surface area (Å²) in [6, 6.07) is 8.67. The second kappa shape index (κ2) is 6.72. The van der Waals surface area contributed by atoms with Gasteiger partial charge in [-0.25, -0.2) is 8.42 Å². The van der Waals surface area contributed by atoms with Gasteiger partial charge in [-0.15, -0.1) is 0 Å². The molecule has 0 radical (unpaired) electrons. The number of benzene rings is 1. The SMILES string of the molecule is CCNC(CC1CCCc2ccccc21)CS(C)(=O)=O. The van der Waals surface area contributed by atoms with Crippen molar-refractivity contribution < 1.29 is 8.42 Å². The smallest absolute Gasteiger partial charge is 0.148 e. The first kappa shape index (κ1) is 15.5. The van der Waals surface area contributed by atoms with Crippen molar-refractivity contribution >= 4 is 9.84 Å². The molecule has 0 amide bonds. The fourth-order valence-electron chi connectivity index (χ4n) is 3.31. The molecule has 112 valence electrons. The predicted molar refractivity (Wildman–Crippen MR) is 83.9 cm³/mol. The van der Waals surface area contributed by atoms with Gasteiger partial charge < -0.3 is 5.32 Å². The number of rotatable bonds is 6. The Hall–Kier alpha value is -0.870. The third-order valence-electron chi connectivity index (χ3n) is 4.06. The monoisotopic (exact) mass is 295 g/mol. The number of sulfone groups is 1. The maximum Gasteiger partial charge on any atom is 0.148 e. The molecular weight excluding hydrogens is 270 g/mol. The van der Waals surface area contributed by atoms with Gasteiger partial charge in [0.1, 0.15) is 9.84 Å². The Balaban J connectivity index is 2.11. The lowest BCUT2D eigenvalue weighted by Crippen LogP contribution is -2.37. The summed E-state index contributed by atoms with van der Waals surface area (Å²) in [5.74, 6) is 0.727. The van der Waals surface area contributed by atoms with Crippen molar-refractivity contribution in [2.45, 2.75) is 44.6 Å². The number of hydrogen-bond donors (Lipinski definition) is 1. The van der Waals surface area contributed by atoms with E-state index in [1.54, 1.807) is 0 Å². The summed E-state index contributed by atoms with van der Waals surface area (Å²) in [5, 5.41) is 3.34. The van der Waals surface area contributed by atoms with Crippen molar-refractivity contribution in [1.82, 2.24) is 5.32 Å². The largest absolute Gasteiger partial charge is 0.313 e. The van der Waals surface area contributed by atoms with Crippen LogP contribution in [0.25, 0.3) is 0 Å². The van der Waals surface area contributed by atoms with Crippen molar-refractivity contribution in [2.24, 2.45) is 0 Å². The van der Waals surface area contributed by atoms with Gasteiger partial charge in [0.25, 0.3) is 0 Å². The molecule has 0 aromatic heterocycles. The Bertz CT molecular complexity index is 539. The lowest BCUT2D eigenvalue weighted by atomic mass is 9.80. The maximum atomic E-state index is 11.6. The van der Waals surface area contributed by atoms with Crippen molar-refractivity contribution in [1.29, 1.82) is 0 Å². The van der Waals surface area contributed by atoms with Gasteiger partial charge >= 0.3 is 0 Å². The van der Waals surface area contributed by atoms with E-state index in [-0.39, 0.29) is 11.8 Å². The van der Waals surface area contributed by atoms with Crippen LogP contribution in [0.15, 0.2) is 24.3 Å². The normalized spacial score (nSPS) is 20.4.